The van der Waals surface area contributed by atoms with E-state index in [0.717, 1.165) is 11.3 Å². The van der Waals surface area contributed by atoms with Gasteiger partial charge in [-0.15, -0.1) is 0 Å². The van der Waals surface area contributed by atoms with Gasteiger partial charge >= 0.3 is 6.03 Å². The number of urea groups is 1. The molecule has 0 atom stereocenters. The van der Waals surface area contributed by atoms with Crippen LogP contribution in [0.15, 0.2) is 29.4 Å². The van der Waals surface area contributed by atoms with Crippen molar-refractivity contribution in [3.63, 3.8) is 0 Å². The Hall–Kier alpha value is -1.84. The molecule has 1 aliphatic carbocycles. The highest BCUT2D eigenvalue weighted by atomic mass is 16.2. The second-order valence-electron chi connectivity index (χ2n) is 5.13. The lowest BCUT2D eigenvalue weighted by Gasteiger charge is -2.22. The highest BCUT2D eigenvalue weighted by molar-refractivity contribution is 5.99. The van der Waals surface area contributed by atoms with Gasteiger partial charge in [-0.2, -0.15) is 5.10 Å². The molecular weight excluding hydrogens is 238 g/mol. The molecule has 4 nitrogen and oxygen atoms in total. The summed E-state index contributed by atoms with van der Waals surface area (Å²) >= 11 is 0. The molecule has 102 valence electrons. The van der Waals surface area contributed by atoms with Crippen molar-refractivity contribution in [2.24, 2.45) is 10.8 Å². The molecule has 3 N–H and O–H groups in total. The molecule has 0 aromatic heterocycles. The van der Waals surface area contributed by atoms with Crippen molar-refractivity contribution in [1.82, 2.24) is 5.43 Å². The molecule has 2 rings (SSSR count). The van der Waals surface area contributed by atoms with Gasteiger partial charge in [0.15, 0.2) is 0 Å². The lowest BCUT2D eigenvalue weighted by atomic mass is 9.84. The third-order valence-electron chi connectivity index (χ3n) is 3.74. The highest BCUT2D eigenvalue weighted by Gasteiger charge is 2.15. The molecule has 1 aliphatic rings. The largest absolute Gasteiger partial charge is 0.350 e. The van der Waals surface area contributed by atoms with Gasteiger partial charge in [-0.3, -0.25) is 0 Å². The third-order valence-corrected chi connectivity index (χ3v) is 3.74. The molecule has 1 saturated carbocycles. The summed E-state index contributed by atoms with van der Waals surface area (Å²) in [6.45, 7) is 1.85. The molecule has 0 spiro atoms. The van der Waals surface area contributed by atoms with E-state index >= 15 is 0 Å². The number of nitrogens with one attached hydrogen (secondary N) is 1. The number of amides is 2. The van der Waals surface area contributed by atoms with Crippen molar-refractivity contribution in [2.75, 3.05) is 0 Å². The van der Waals surface area contributed by atoms with Crippen molar-refractivity contribution in [2.45, 2.75) is 44.9 Å². The summed E-state index contributed by atoms with van der Waals surface area (Å²) in [6.07, 6.45) is 6.66. The number of hydrogen-bond donors (Lipinski definition) is 2. The maximum atomic E-state index is 10.6. The van der Waals surface area contributed by atoms with Crippen LogP contribution >= 0.6 is 0 Å². The number of rotatable bonds is 3. The summed E-state index contributed by atoms with van der Waals surface area (Å²) in [5, 5.41) is 3.93. The average Bonchev–Trinajstić information content (AvgIpc) is 2.46. The first-order chi connectivity index (χ1) is 9.16. The van der Waals surface area contributed by atoms with Crippen LogP contribution in [-0.4, -0.2) is 11.7 Å². The van der Waals surface area contributed by atoms with Crippen LogP contribution in [0.1, 0.15) is 56.1 Å². The van der Waals surface area contributed by atoms with E-state index in [1.807, 2.05) is 6.92 Å². The molecule has 0 unspecified atom stereocenters. The molecule has 1 aromatic rings. The summed E-state index contributed by atoms with van der Waals surface area (Å²) in [5.41, 5.74) is 10.4. The molecule has 19 heavy (non-hydrogen) atoms. The van der Waals surface area contributed by atoms with Crippen molar-refractivity contribution < 1.29 is 4.79 Å². The van der Waals surface area contributed by atoms with E-state index in [1.54, 1.807) is 0 Å². The van der Waals surface area contributed by atoms with Crippen LogP contribution in [0.5, 0.6) is 0 Å². The van der Waals surface area contributed by atoms with E-state index in [1.165, 1.54) is 37.7 Å². The molecule has 0 saturated heterocycles. The van der Waals surface area contributed by atoms with Crippen molar-refractivity contribution >= 4 is 11.7 Å². The van der Waals surface area contributed by atoms with Gasteiger partial charge in [0.2, 0.25) is 0 Å². The number of nitrogens with two attached hydrogens (primary N) is 1. The molecule has 0 radical (unpaired) electrons. The van der Waals surface area contributed by atoms with Gasteiger partial charge in [-0.1, -0.05) is 43.5 Å². The van der Waals surface area contributed by atoms with E-state index in [0.29, 0.717) is 5.92 Å². The zero-order chi connectivity index (χ0) is 13.7. The average molecular weight is 259 g/mol. The Balaban J connectivity index is 2.05. The van der Waals surface area contributed by atoms with Gasteiger partial charge < -0.3 is 5.73 Å². The second kappa shape index (κ2) is 6.36. The molecule has 0 heterocycles. The van der Waals surface area contributed by atoms with Crippen LogP contribution in [0.4, 0.5) is 4.79 Å². The predicted octanol–water partition coefficient (Wildman–Crippen LogP) is 3.13. The number of primary amides is 1. The van der Waals surface area contributed by atoms with E-state index in [2.05, 4.69) is 34.8 Å². The lowest BCUT2D eigenvalue weighted by Crippen LogP contribution is -2.25. The fourth-order valence-electron chi connectivity index (χ4n) is 2.64. The Kier molecular flexibility index (Phi) is 4.55. The smallest absolute Gasteiger partial charge is 0.332 e. The van der Waals surface area contributed by atoms with Gasteiger partial charge in [0.05, 0.1) is 5.71 Å². The van der Waals surface area contributed by atoms with Crippen LogP contribution in [-0.2, 0) is 0 Å². The Bertz CT molecular complexity index is 459. The van der Waals surface area contributed by atoms with E-state index < -0.39 is 6.03 Å². The van der Waals surface area contributed by atoms with Gasteiger partial charge in [-0.05, 0) is 36.8 Å². The molecule has 0 bridgehead atoms. The van der Waals surface area contributed by atoms with E-state index in [-0.39, 0.29) is 0 Å². The van der Waals surface area contributed by atoms with Crippen LogP contribution in [0.25, 0.3) is 0 Å². The summed E-state index contributed by atoms with van der Waals surface area (Å²) < 4.78 is 0. The topological polar surface area (TPSA) is 67.5 Å². The fourth-order valence-corrected chi connectivity index (χ4v) is 2.64. The Morgan fingerprint density at radius 2 is 1.84 bits per heavy atom. The Morgan fingerprint density at radius 3 is 2.42 bits per heavy atom. The van der Waals surface area contributed by atoms with Gasteiger partial charge in [0.25, 0.3) is 0 Å². The first-order valence-electron chi connectivity index (χ1n) is 6.87. The first kappa shape index (κ1) is 13.6. The minimum Gasteiger partial charge on any atom is -0.350 e. The van der Waals surface area contributed by atoms with Gasteiger partial charge in [-0.25, -0.2) is 10.2 Å². The quantitative estimate of drug-likeness (QED) is 0.635. The predicted molar refractivity (Wildman–Crippen MR) is 77.2 cm³/mol. The SMILES string of the molecule is C/C(=N\NC(N)=O)c1ccc(C2CCCCC2)cc1. The van der Waals surface area contributed by atoms with E-state index in [9.17, 15) is 4.79 Å². The monoisotopic (exact) mass is 259 g/mol. The Morgan fingerprint density at radius 1 is 1.21 bits per heavy atom. The number of carbonyl (C=O) groups is 1. The number of benzene rings is 1. The van der Waals surface area contributed by atoms with Crippen LogP contribution in [0.2, 0.25) is 0 Å². The van der Waals surface area contributed by atoms with Crippen molar-refractivity contribution in [1.29, 1.82) is 0 Å². The molecule has 2 amide bonds. The minimum atomic E-state index is -0.641. The summed E-state index contributed by atoms with van der Waals surface area (Å²) in [5.74, 6) is 0.712. The lowest BCUT2D eigenvalue weighted by molar-refractivity contribution is 0.249. The van der Waals surface area contributed by atoms with Gasteiger partial charge in [0.1, 0.15) is 0 Å². The molecule has 0 aliphatic heterocycles. The first-order valence-corrected chi connectivity index (χ1v) is 6.87. The van der Waals surface area contributed by atoms with Crippen LogP contribution in [0.3, 0.4) is 0 Å². The third kappa shape index (κ3) is 3.81. The molecule has 1 fully saturated rings. The second-order valence-corrected chi connectivity index (χ2v) is 5.13. The maximum absolute atomic E-state index is 10.6. The zero-order valence-electron chi connectivity index (χ0n) is 11.4. The Labute approximate surface area is 114 Å². The van der Waals surface area contributed by atoms with Crippen LogP contribution in [0, 0.1) is 0 Å². The van der Waals surface area contributed by atoms with Crippen LogP contribution < -0.4 is 11.2 Å². The highest BCUT2D eigenvalue weighted by Crippen LogP contribution is 2.32. The maximum Gasteiger partial charge on any atom is 0.332 e. The number of hydrazone groups is 1. The zero-order valence-corrected chi connectivity index (χ0v) is 11.4. The number of nitrogens with zero attached hydrogens (tertiary/aromatic N) is 1. The minimum absolute atomic E-state index is 0.641. The van der Waals surface area contributed by atoms with E-state index in [4.69, 9.17) is 5.73 Å². The molecular formula is C15H21N3O. The number of hydrogen-bond acceptors (Lipinski definition) is 2. The summed E-state index contributed by atoms with van der Waals surface area (Å²) in [4.78, 5) is 10.6. The standard InChI is InChI=1S/C15H21N3O/c1-11(17-18-15(16)19)12-7-9-14(10-8-12)13-5-3-2-4-6-13/h7-10,13H,2-6H2,1H3,(H3,16,18,19)/b17-11+. The normalized spacial score (nSPS) is 17.2. The molecule has 1 aromatic carbocycles. The van der Waals surface area contributed by atoms with Crippen molar-refractivity contribution in [3.8, 4) is 0 Å². The summed E-state index contributed by atoms with van der Waals surface area (Å²) in [6, 6.07) is 7.83. The van der Waals surface area contributed by atoms with Crippen molar-refractivity contribution in [3.05, 3.63) is 35.4 Å². The fraction of sp³-hybridized carbons (Fsp3) is 0.467. The molecule has 4 heteroatoms. The number of carbonyl (C=O) groups excluding carboxylic acids is 1. The van der Waals surface area contributed by atoms with Gasteiger partial charge in [0, 0.05) is 0 Å². The summed E-state index contributed by atoms with van der Waals surface area (Å²) in [7, 11) is 0.